The minimum absolute atomic E-state index is 0.646. The van der Waals surface area contributed by atoms with Crippen LogP contribution in [0.25, 0.3) is 78.7 Å². The van der Waals surface area contributed by atoms with Crippen molar-refractivity contribution >= 4 is 0 Å². The molecule has 0 unspecified atom stereocenters. The van der Waals surface area contributed by atoms with Gasteiger partial charge in [0.1, 0.15) is 0 Å². The summed E-state index contributed by atoms with van der Waals surface area (Å²) in [6, 6.07) is 58.2. The summed E-state index contributed by atoms with van der Waals surface area (Å²) in [5.41, 5.74) is 17.0. The van der Waals surface area contributed by atoms with Gasteiger partial charge in [0.2, 0.25) is 0 Å². The van der Waals surface area contributed by atoms with Gasteiger partial charge in [-0.15, -0.1) is 0 Å². The molecule has 52 heavy (non-hydrogen) atoms. The first-order valence-corrected chi connectivity index (χ1v) is 17.8. The van der Waals surface area contributed by atoms with E-state index in [0.717, 1.165) is 50.1 Å². The molecule has 250 valence electrons. The lowest BCUT2D eigenvalue weighted by atomic mass is 9.95. The maximum atomic E-state index is 5.18. The maximum absolute atomic E-state index is 5.18. The lowest BCUT2D eigenvalue weighted by molar-refractivity contribution is 1.07. The molecular formula is C49H39N3. The fourth-order valence-corrected chi connectivity index (χ4v) is 6.91. The van der Waals surface area contributed by atoms with Gasteiger partial charge in [-0.05, 0) is 120 Å². The molecule has 7 aromatic carbocycles. The van der Waals surface area contributed by atoms with Gasteiger partial charge in [0.25, 0.3) is 0 Å². The van der Waals surface area contributed by atoms with Gasteiger partial charge in [-0.25, -0.2) is 15.0 Å². The van der Waals surface area contributed by atoms with Crippen LogP contribution < -0.4 is 0 Å². The topological polar surface area (TPSA) is 38.7 Å². The van der Waals surface area contributed by atoms with Gasteiger partial charge in [-0.3, -0.25) is 0 Å². The van der Waals surface area contributed by atoms with E-state index >= 15 is 0 Å². The van der Waals surface area contributed by atoms with Crippen molar-refractivity contribution in [2.75, 3.05) is 0 Å². The van der Waals surface area contributed by atoms with Crippen LogP contribution in [0.4, 0.5) is 0 Å². The molecule has 0 spiro atoms. The number of aryl methyl sites for hydroxylation is 4. The summed E-state index contributed by atoms with van der Waals surface area (Å²) in [5.74, 6) is 1.94. The highest BCUT2D eigenvalue weighted by Crippen LogP contribution is 2.34. The van der Waals surface area contributed by atoms with Crippen LogP contribution in [0.15, 0.2) is 164 Å². The van der Waals surface area contributed by atoms with E-state index in [9.17, 15) is 0 Å². The highest BCUT2D eigenvalue weighted by atomic mass is 15.0. The van der Waals surface area contributed by atoms with Crippen LogP contribution in [0.5, 0.6) is 0 Å². The highest BCUT2D eigenvalue weighted by molar-refractivity contribution is 5.79. The number of hydrogen-bond donors (Lipinski definition) is 0. The summed E-state index contributed by atoms with van der Waals surface area (Å²) in [4.78, 5) is 15.3. The third kappa shape index (κ3) is 7.08. The number of rotatable bonds is 7. The summed E-state index contributed by atoms with van der Waals surface area (Å²) in [6.45, 7) is 8.54. The van der Waals surface area contributed by atoms with Crippen molar-refractivity contribution in [3.63, 3.8) is 0 Å². The van der Waals surface area contributed by atoms with Crippen molar-refractivity contribution < 1.29 is 0 Å². The van der Waals surface area contributed by atoms with Gasteiger partial charge in [0, 0.05) is 16.7 Å². The first kappa shape index (κ1) is 32.7. The summed E-state index contributed by atoms with van der Waals surface area (Å²) < 4.78 is 0. The number of benzene rings is 7. The molecule has 0 fully saturated rings. The Kier molecular flexibility index (Phi) is 8.84. The average molecular weight is 670 g/mol. The van der Waals surface area contributed by atoms with Crippen LogP contribution in [0.1, 0.15) is 22.3 Å². The Balaban J connectivity index is 1.23. The molecule has 3 nitrogen and oxygen atoms in total. The van der Waals surface area contributed by atoms with Crippen molar-refractivity contribution in [1.29, 1.82) is 0 Å². The van der Waals surface area contributed by atoms with Gasteiger partial charge in [0.15, 0.2) is 17.5 Å². The van der Waals surface area contributed by atoms with E-state index in [0.29, 0.717) is 17.5 Å². The summed E-state index contributed by atoms with van der Waals surface area (Å²) in [7, 11) is 0. The van der Waals surface area contributed by atoms with Gasteiger partial charge in [-0.2, -0.15) is 0 Å². The van der Waals surface area contributed by atoms with E-state index in [1.165, 1.54) is 33.4 Å². The van der Waals surface area contributed by atoms with E-state index < -0.39 is 0 Å². The zero-order valence-electron chi connectivity index (χ0n) is 29.9. The largest absolute Gasteiger partial charge is 0.208 e. The average Bonchev–Trinajstić information content (AvgIpc) is 3.18. The molecule has 8 aromatic rings. The number of nitrogens with zero attached hydrogens (tertiary/aromatic N) is 3. The van der Waals surface area contributed by atoms with Gasteiger partial charge >= 0.3 is 0 Å². The Hall–Kier alpha value is -6.45. The van der Waals surface area contributed by atoms with Crippen molar-refractivity contribution in [2.45, 2.75) is 27.7 Å². The Labute approximate surface area is 306 Å². The predicted octanol–water partition coefficient (Wildman–Crippen LogP) is 12.8. The molecule has 0 bridgehead atoms. The van der Waals surface area contributed by atoms with E-state index in [4.69, 9.17) is 15.0 Å². The molecule has 1 aromatic heterocycles. The molecule has 0 saturated carbocycles. The van der Waals surface area contributed by atoms with Crippen molar-refractivity contribution in [3.8, 4) is 78.7 Å². The molecule has 0 saturated heterocycles. The number of hydrogen-bond acceptors (Lipinski definition) is 3. The third-order valence-corrected chi connectivity index (χ3v) is 9.43. The second kappa shape index (κ2) is 14.0. The normalized spacial score (nSPS) is 11.1. The molecular weight excluding hydrogens is 631 g/mol. The second-order valence-corrected chi connectivity index (χ2v) is 13.7. The molecule has 0 amide bonds. The van der Waals surface area contributed by atoms with Crippen LogP contribution in [0.2, 0.25) is 0 Å². The molecule has 8 rings (SSSR count). The van der Waals surface area contributed by atoms with Crippen LogP contribution in [0.3, 0.4) is 0 Å². The molecule has 0 aliphatic heterocycles. The van der Waals surface area contributed by atoms with Crippen molar-refractivity contribution in [3.05, 3.63) is 186 Å². The summed E-state index contributed by atoms with van der Waals surface area (Å²) >= 11 is 0. The molecule has 0 N–H and O–H groups in total. The first-order valence-electron chi connectivity index (χ1n) is 17.8. The minimum atomic E-state index is 0.646. The molecule has 0 radical (unpaired) electrons. The predicted molar refractivity (Wildman–Crippen MR) is 217 cm³/mol. The Bertz CT molecular complexity index is 2410. The maximum Gasteiger partial charge on any atom is 0.164 e. The Morgan fingerprint density at radius 3 is 0.942 bits per heavy atom. The molecule has 0 aliphatic rings. The van der Waals surface area contributed by atoms with Gasteiger partial charge in [-0.1, -0.05) is 139 Å². The van der Waals surface area contributed by atoms with Crippen molar-refractivity contribution in [1.82, 2.24) is 15.0 Å². The van der Waals surface area contributed by atoms with Gasteiger partial charge < -0.3 is 0 Å². The monoisotopic (exact) mass is 669 g/mol. The van der Waals surface area contributed by atoms with E-state index in [2.05, 4.69) is 173 Å². The Morgan fingerprint density at radius 1 is 0.231 bits per heavy atom. The van der Waals surface area contributed by atoms with Crippen LogP contribution >= 0.6 is 0 Å². The van der Waals surface area contributed by atoms with E-state index in [-0.39, 0.29) is 0 Å². The molecule has 3 heteroatoms. The number of aromatic nitrogens is 3. The fraction of sp³-hybridized carbons (Fsp3) is 0.0816. The zero-order chi connectivity index (χ0) is 35.6. The molecule has 1 heterocycles. The molecule has 0 atom stereocenters. The SMILES string of the molecule is Cc1cccc(-c2cccc(-c3cc(C)cc(-c4nc(-c5ccccc5)nc(-c5cc(C)cc(-c6cccc(-c7cccc(C)c7)c6)c5)n4)c3)c2)c1. The van der Waals surface area contributed by atoms with Crippen LogP contribution in [0, 0.1) is 27.7 Å². The lowest BCUT2D eigenvalue weighted by Crippen LogP contribution is -2.01. The minimum Gasteiger partial charge on any atom is -0.208 e. The highest BCUT2D eigenvalue weighted by Gasteiger charge is 2.15. The smallest absolute Gasteiger partial charge is 0.164 e. The fourth-order valence-electron chi connectivity index (χ4n) is 6.91. The molecule has 0 aliphatic carbocycles. The zero-order valence-corrected chi connectivity index (χ0v) is 29.9. The first-order chi connectivity index (χ1) is 25.3. The van der Waals surface area contributed by atoms with Gasteiger partial charge in [0.05, 0.1) is 0 Å². The second-order valence-electron chi connectivity index (χ2n) is 13.7. The van der Waals surface area contributed by atoms with E-state index in [1.807, 2.05) is 18.2 Å². The quantitative estimate of drug-likeness (QED) is 0.169. The lowest BCUT2D eigenvalue weighted by Gasteiger charge is -2.13. The summed E-state index contributed by atoms with van der Waals surface area (Å²) in [5, 5.41) is 0. The summed E-state index contributed by atoms with van der Waals surface area (Å²) in [6.07, 6.45) is 0. The third-order valence-electron chi connectivity index (χ3n) is 9.43. The van der Waals surface area contributed by atoms with Crippen LogP contribution in [-0.2, 0) is 0 Å². The van der Waals surface area contributed by atoms with Crippen LogP contribution in [-0.4, -0.2) is 15.0 Å². The van der Waals surface area contributed by atoms with Crippen molar-refractivity contribution in [2.24, 2.45) is 0 Å². The Morgan fingerprint density at radius 2 is 0.519 bits per heavy atom. The van der Waals surface area contributed by atoms with E-state index in [1.54, 1.807) is 0 Å². The standard InChI is InChI=1S/C49H39N3/c1-32-12-8-16-37(22-32)39-18-10-20-41(28-39)43-24-34(3)26-45(30-43)48-50-47(36-14-6-5-7-15-36)51-49(52-48)46-27-35(4)25-44(31-46)42-21-11-19-40(29-42)38-17-9-13-33(2)23-38/h5-31H,1-4H3.